The van der Waals surface area contributed by atoms with Crippen molar-refractivity contribution in [1.82, 2.24) is 19.3 Å². The van der Waals surface area contributed by atoms with Gasteiger partial charge in [0, 0.05) is 44.0 Å². The van der Waals surface area contributed by atoms with Crippen molar-refractivity contribution in [2.75, 3.05) is 31.1 Å². The van der Waals surface area contributed by atoms with E-state index in [0.29, 0.717) is 36.9 Å². The number of halogens is 4. The molecule has 0 radical (unpaired) electrons. The molecule has 1 aliphatic heterocycles. The van der Waals surface area contributed by atoms with E-state index in [1.54, 1.807) is 9.80 Å². The number of hydrogen-bond acceptors (Lipinski definition) is 6. The lowest BCUT2D eigenvalue weighted by molar-refractivity contribution is -0.137. The number of amides is 1. The zero-order valence-electron chi connectivity index (χ0n) is 15.2. The topological polar surface area (TPSA) is 53.7 Å². The van der Waals surface area contributed by atoms with Crippen molar-refractivity contribution in [1.29, 1.82) is 0 Å². The lowest BCUT2D eigenvalue weighted by Gasteiger charge is -2.35. The summed E-state index contributed by atoms with van der Waals surface area (Å²) in [6.07, 6.45) is -1.78. The SMILES string of the molecule is O=C(c1cc2c(nc3sccn32)s1)N1CCN(c2ncc(C(F)(F)F)cc2Cl)CC1. The smallest absolute Gasteiger partial charge is 0.352 e. The van der Waals surface area contributed by atoms with Crippen LogP contribution in [0.5, 0.6) is 0 Å². The first-order chi connectivity index (χ1) is 14.3. The number of rotatable bonds is 2. The number of pyridine rings is 1. The average molecular weight is 472 g/mol. The molecule has 12 heteroatoms. The number of fused-ring (bicyclic) bond motifs is 3. The Hall–Kier alpha value is -2.37. The van der Waals surface area contributed by atoms with Crippen molar-refractivity contribution in [2.45, 2.75) is 6.18 Å². The summed E-state index contributed by atoms with van der Waals surface area (Å²) in [5.41, 5.74) is 0.0341. The highest BCUT2D eigenvalue weighted by molar-refractivity contribution is 7.21. The number of hydrogen-bond donors (Lipinski definition) is 0. The molecule has 0 aliphatic carbocycles. The highest BCUT2D eigenvalue weighted by Gasteiger charge is 2.32. The van der Waals surface area contributed by atoms with Gasteiger partial charge in [-0.1, -0.05) is 11.6 Å². The van der Waals surface area contributed by atoms with E-state index in [0.717, 1.165) is 27.6 Å². The molecule has 5 rings (SSSR count). The van der Waals surface area contributed by atoms with Crippen molar-refractivity contribution < 1.29 is 18.0 Å². The first kappa shape index (κ1) is 19.6. The van der Waals surface area contributed by atoms with Gasteiger partial charge in [0.2, 0.25) is 0 Å². The normalized spacial score (nSPS) is 15.5. The quantitative estimate of drug-likeness (QED) is 0.427. The van der Waals surface area contributed by atoms with E-state index in [2.05, 4.69) is 9.97 Å². The van der Waals surface area contributed by atoms with Crippen molar-refractivity contribution in [2.24, 2.45) is 0 Å². The molecule has 30 heavy (non-hydrogen) atoms. The number of nitrogens with zero attached hydrogens (tertiary/aromatic N) is 5. The van der Waals surface area contributed by atoms with E-state index >= 15 is 0 Å². The summed E-state index contributed by atoms with van der Waals surface area (Å²) in [7, 11) is 0. The second kappa shape index (κ2) is 7.10. The maximum Gasteiger partial charge on any atom is 0.417 e. The van der Waals surface area contributed by atoms with Crippen LogP contribution in [0.15, 0.2) is 29.9 Å². The number of aromatic nitrogens is 3. The summed E-state index contributed by atoms with van der Waals surface area (Å²) < 4.78 is 40.4. The molecule has 4 aromatic heterocycles. The Labute approximate surface area is 181 Å². The fourth-order valence-corrected chi connectivity index (χ4v) is 5.50. The van der Waals surface area contributed by atoms with Gasteiger partial charge in [-0.05, 0) is 12.1 Å². The molecule has 0 aromatic carbocycles. The molecule has 4 aromatic rings. The predicted molar refractivity (Wildman–Crippen MR) is 111 cm³/mol. The number of anilines is 1. The molecular weight excluding hydrogens is 459 g/mol. The van der Waals surface area contributed by atoms with Crippen LogP contribution in [-0.2, 0) is 6.18 Å². The predicted octanol–water partition coefficient (Wildman–Crippen LogP) is 4.64. The lowest BCUT2D eigenvalue weighted by atomic mass is 10.2. The third kappa shape index (κ3) is 3.30. The first-order valence-electron chi connectivity index (χ1n) is 8.93. The summed E-state index contributed by atoms with van der Waals surface area (Å²) in [4.78, 5) is 27.2. The minimum Gasteiger partial charge on any atom is -0.352 e. The standard InChI is InChI=1S/C18H13ClF3N5OS2/c19-11-7-10(18(20,21)22)9-23-14(11)25-1-3-26(4-2-25)16(28)13-8-12-15(30-13)24-17-27(12)5-6-29-17/h5-9H,1-4H2. The third-order valence-corrected chi connectivity index (χ3v) is 7.01. The molecule has 0 N–H and O–H groups in total. The molecule has 5 heterocycles. The van der Waals surface area contributed by atoms with Gasteiger partial charge in [-0.25, -0.2) is 9.97 Å². The minimum atomic E-state index is -4.49. The maximum absolute atomic E-state index is 12.9. The van der Waals surface area contributed by atoms with Gasteiger partial charge >= 0.3 is 6.18 Å². The fraction of sp³-hybridized carbons (Fsp3) is 0.278. The molecule has 1 fully saturated rings. The van der Waals surface area contributed by atoms with Crippen LogP contribution < -0.4 is 4.90 Å². The Morgan fingerprint density at radius 3 is 2.63 bits per heavy atom. The Morgan fingerprint density at radius 2 is 1.93 bits per heavy atom. The number of imidazole rings is 1. The molecule has 0 unspecified atom stereocenters. The summed E-state index contributed by atoms with van der Waals surface area (Å²) in [5.74, 6) is 0.222. The molecule has 1 amide bonds. The number of piperazine rings is 1. The van der Waals surface area contributed by atoms with Crippen LogP contribution in [0.3, 0.4) is 0 Å². The second-order valence-corrected chi connectivity index (χ2v) is 9.09. The van der Waals surface area contributed by atoms with Crippen LogP contribution >= 0.6 is 34.3 Å². The van der Waals surface area contributed by atoms with Crippen molar-refractivity contribution in [3.05, 3.63) is 45.4 Å². The van der Waals surface area contributed by atoms with Crippen LogP contribution in [0.1, 0.15) is 15.2 Å². The Balaban J connectivity index is 1.29. The van der Waals surface area contributed by atoms with Gasteiger partial charge in [-0.3, -0.25) is 9.20 Å². The average Bonchev–Trinajstić information content (AvgIpc) is 3.39. The molecule has 0 spiro atoms. The number of thiophene rings is 1. The van der Waals surface area contributed by atoms with Gasteiger partial charge < -0.3 is 9.80 Å². The molecular formula is C18H13ClF3N5OS2. The zero-order valence-corrected chi connectivity index (χ0v) is 17.6. The number of carbonyl (C=O) groups is 1. The van der Waals surface area contributed by atoms with E-state index in [9.17, 15) is 18.0 Å². The molecule has 0 atom stereocenters. The highest BCUT2D eigenvalue weighted by Crippen LogP contribution is 2.34. The van der Waals surface area contributed by atoms with Gasteiger partial charge in [-0.15, -0.1) is 22.7 Å². The minimum absolute atomic E-state index is 0.0514. The van der Waals surface area contributed by atoms with Crippen LogP contribution in [0.2, 0.25) is 5.02 Å². The summed E-state index contributed by atoms with van der Waals surface area (Å²) >= 11 is 8.95. The van der Waals surface area contributed by atoms with Gasteiger partial charge in [0.15, 0.2) is 4.96 Å². The van der Waals surface area contributed by atoms with Gasteiger partial charge in [0.25, 0.3) is 5.91 Å². The summed E-state index contributed by atoms with van der Waals surface area (Å²) in [6, 6.07) is 2.74. The largest absolute Gasteiger partial charge is 0.417 e. The molecule has 0 saturated carbocycles. The van der Waals surface area contributed by atoms with Crippen molar-refractivity contribution in [3.63, 3.8) is 0 Å². The number of thiazole rings is 1. The van der Waals surface area contributed by atoms with E-state index in [4.69, 9.17) is 11.6 Å². The number of carbonyl (C=O) groups excluding carboxylic acids is 1. The van der Waals surface area contributed by atoms with Gasteiger partial charge in [0.05, 0.1) is 21.0 Å². The summed E-state index contributed by atoms with van der Waals surface area (Å²) in [5, 5.41) is 1.89. The molecule has 1 saturated heterocycles. The van der Waals surface area contributed by atoms with E-state index in [1.165, 1.54) is 22.7 Å². The monoisotopic (exact) mass is 471 g/mol. The maximum atomic E-state index is 12.9. The van der Waals surface area contributed by atoms with Crippen molar-refractivity contribution in [3.8, 4) is 0 Å². The van der Waals surface area contributed by atoms with Crippen molar-refractivity contribution >= 4 is 61.3 Å². The molecule has 0 bridgehead atoms. The fourth-order valence-electron chi connectivity index (χ4n) is 3.45. The van der Waals surface area contributed by atoms with E-state index in [-0.39, 0.29) is 10.9 Å². The zero-order chi connectivity index (χ0) is 21.0. The van der Waals surface area contributed by atoms with Crippen LogP contribution in [-0.4, -0.2) is 51.4 Å². The second-order valence-electron chi connectivity index (χ2n) is 6.77. The Kier molecular flexibility index (Phi) is 4.64. The Morgan fingerprint density at radius 1 is 1.17 bits per heavy atom. The van der Waals surface area contributed by atoms with E-state index < -0.39 is 11.7 Å². The van der Waals surface area contributed by atoms with Crippen LogP contribution in [0.25, 0.3) is 15.3 Å². The lowest BCUT2D eigenvalue weighted by Crippen LogP contribution is -2.49. The molecule has 156 valence electrons. The van der Waals surface area contributed by atoms with Gasteiger partial charge in [0.1, 0.15) is 10.6 Å². The number of alkyl halides is 3. The van der Waals surface area contributed by atoms with Crippen LogP contribution in [0.4, 0.5) is 19.0 Å². The van der Waals surface area contributed by atoms with Crippen LogP contribution in [0, 0.1) is 0 Å². The third-order valence-electron chi connectivity index (χ3n) is 4.97. The first-order valence-corrected chi connectivity index (χ1v) is 11.0. The highest BCUT2D eigenvalue weighted by atomic mass is 35.5. The molecule has 6 nitrogen and oxygen atoms in total. The molecule has 1 aliphatic rings. The Bertz CT molecular complexity index is 1260. The summed E-state index contributed by atoms with van der Waals surface area (Å²) in [6.45, 7) is 1.72. The van der Waals surface area contributed by atoms with Gasteiger partial charge in [-0.2, -0.15) is 13.2 Å². The van der Waals surface area contributed by atoms with E-state index in [1.807, 2.05) is 22.0 Å².